The zero-order chi connectivity index (χ0) is 34.4. The highest BCUT2D eigenvalue weighted by Crippen LogP contribution is 2.32. The standard InChI is InChI=1S/C32H22F3N5O6S2/c33-32(34,35)30(44)38-18-28(41)40(31(38)47)27-16-25(37-24-13-14-36-17-23(24)27)21-9-5-19(6-10-21)3-4-20-7-11-22(12-8-20)48(45,46)39-15-1-2-26(39)29(42)43/h5-14,16-18,26,41H,1-2,15H2,(H,42,43)/t26-/m1/s1. The van der Waals surface area contributed by atoms with E-state index in [0.29, 0.717) is 45.9 Å². The Bertz CT molecular complexity index is 2330. The molecule has 6 rings (SSSR count). The van der Waals surface area contributed by atoms with Gasteiger partial charge in [-0.25, -0.2) is 13.4 Å². The molecule has 0 spiro atoms. The van der Waals surface area contributed by atoms with Gasteiger partial charge in [0.05, 0.1) is 28.0 Å². The minimum atomic E-state index is -5.22. The van der Waals surface area contributed by atoms with Gasteiger partial charge in [-0.15, -0.1) is 0 Å². The lowest BCUT2D eigenvalue weighted by molar-refractivity contribution is -0.140. The van der Waals surface area contributed by atoms with Crippen LogP contribution in [-0.2, 0) is 14.8 Å². The molecule has 0 amide bonds. The average Bonchev–Trinajstić information content (AvgIpc) is 3.68. The first-order valence-electron chi connectivity index (χ1n) is 14.1. The van der Waals surface area contributed by atoms with E-state index >= 15 is 0 Å². The summed E-state index contributed by atoms with van der Waals surface area (Å²) < 4.78 is 66.9. The predicted molar refractivity (Wildman–Crippen MR) is 168 cm³/mol. The Labute approximate surface area is 275 Å². The molecule has 11 nitrogen and oxygen atoms in total. The average molecular weight is 694 g/mol. The van der Waals surface area contributed by atoms with E-state index in [2.05, 4.69) is 21.8 Å². The second-order valence-corrected chi connectivity index (χ2v) is 12.9. The van der Waals surface area contributed by atoms with Crippen LogP contribution in [0.1, 0.15) is 28.8 Å². The molecule has 0 radical (unpaired) electrons. The molecule has 0 aliphatic carbocycles. The van der Waals surface area contributed by atoms with Crippen molar-refractivity contribution >= 4 is 45.0 Å². The van der Waals surface area contributed by atoms with Crippen LogP contribution in [0.2, 0.25) is 0 Å². The van der Waals surface area contributed by atoms with Gasteiger partial charge in [0.15, 0.2) is 4.77 Å². The van der Waals surface area contributed by atoms with Crippen molar-refractivity contribution in [3.8, 4) is 34.7 Å². The molecule has 1 saturated heterocycles. The number of fused-ring (bicyclic) bond motifs is 1. The molecule has 3 aromatic heterocycles. The molecule has 5 aromatic rings. The van der Waals surface area contributed by atoms with Crippen molar-refractivity contribution in [3.05, 3.63) is 95.2 Å². The third kappa shape index (κ3) is 6.06. The van der Waals surface area contributed by atoms with Gasteiger partial charge in [-0.2, -0.15) is 17.5 Å². The summed E-state index contributed by atoms with van der Waals surface area (Å²) in [6.07, 6.45) is -1.02. The number of imidazole rings is 1. The number of carboxylic acid groups (broad SMARTS) is 1. The molecule has 48 heavy (non-hydrogen) atoms. The molecule has 1 fully saturated rings. The number of rotatable bonds is 5. The summed E-state index contributed by atoms with van der Waals surface area (Å²) in [5.74, 6) is 1.81. The topological polar surface area (TPSA) is 148 Å². The number of pyridine rings is 2. The Hall–Kier alpha value is -5.37. The van der Waals surface area contributed by atoms with Crippen molar-refractivity contribution < 1.29 is 41.4 Å². The van der Waals surface area contributed by atoms with Gasteiger partial charge in [0.2, 0.25) is 15.9 Å². The number of sulfonamides is 1. The lowest BCUT2D eigenvalue weighted by Gasteiger charge is -2.20. The Balaban J connectivity index is 1.28. The van der Waals surface area contributed by atoms with Crippen LogP contribution in [0.4, 0.5) is 13.2 Å². The van der Waals surface area contributed by atoms with Crippen LogP contribution in [0.25, 0.3) is 27.8 Å². The predicted octanol–water partition coefficient (Wildman–Crippen LogP) is 5.16. The minimum absolute atomic E-state index is 0.0262. The Kier molecular flexibility index (Phi) is 8.37. The second-order valence-electron chi connectivity index (χ2n) is 10.7. The van der Waals surface area contributed by atoms with E-state index in [1.54, 1.807) is 30.3 Å². The highest BCUT2D eigenvalue weighted by atomic mass is 32.2. The summed E-state index contributed by atoms with van der Waals surface area (Å²) >= 11 is 5.15. The third-order valence-electron chi connectivity index (χ3n) is 7.64. The monoisotopic (exact) mass is 693 g/mol. The van der Waals surface area contributed by atoms with Gasteiger partial charge < -0.3 is 10.2 Å². The second kappa shape index (κ2) is 12.3. The minimum Gasteiger partial charge on any atom is -0.493 e. The fourth-order valence-electron chi connectivity index (χ4n) is 5.32. The van der Waals surface area contributed by atoms with Crippen LogP contribution < -0.4 is 0 Å². The number of aromatic nitrogens is 4. The summed E-state index contributed by atoms with van der Waals surface area (Å²) in [6.45, 7) is 0.136. The fraction of sp³-hybridized carbons (Fsp3) is 0.156. The molecule has 1 aliphatic heterocycles. The van der Waals surface area contributed by atoms with Gasteiger partial charge in [0.25, 0.3) is 0 Å². The number of halogens is 3. The van der Waals surface area contributed by atoms with E-state index < -0.39 is 44.8 Å². The van der Waals surface area contributed by atoms with Crippen molar-refractivity contribution in [2.45, 2.75) is 30.0 Å². The number of nitrogens with zero attached hydrogens (tertiary/aromatic N) is 5. The molecular weight excluding hydrogens is 672 g/mol. The molecule has 2 N–H and O–H groups in total. The van der Waals surface area contributed by atoms with Crippen LogP contribution in [-0.4, -0.2) is 72.7 Å². The van der Waals surface area contributed by atoms with Crippen LogP contribution in [0, 0.1) is 16.6 Å². The van der Waals surface area contributed by atoms with Crippen molar-refractivity contribution in [2.24, 2.45) is 0 Å². The zero-order valence-electron chi connectivity index (χ0n) is 24.4. The molecule has 244 valence electrons. The van der Waals surface area contributed by atoms with Crippen LogP contribution in [0.15, 0.2) is 84.1 Å². The van der Waals surface area contributed by atoms with Gasteiger partial charge in [-0.1, -0.05) is 24.0 Å². The van der Waals surface area contributed by atoms with E-state index in [0.717, 1.165) is 8.87 Å². The van der Waals surface area contributed by atoms with Crippen LogP contribution in [0.3, 0.4) is 0 Å². The van der Waals surface area contributed by atoms with Crippen molar-refractivity contribution in [1.29, 1.82) is 0 Å². The molecule has 1 aliphatic rings. The first-order valence-corrected chi connectivity index (χ1v) is 16.0. The number of aliphatic carboxylic acids is 1. The fourth-order valence-corrected chi connectivity index (χ4v) is 7.29. The van der Waals surface area contributed by atoms with Gasteiger partial charge in [-0.3, -0.25) is 23.7 Å². The van der Waals surface area contributed by atoms with Gasteiger partial charge in [0, 0.05) is 41.0 Å². The highest BCUT2D eigenvalue weighted by molar-refractivity contribution is 7.89. The molecule has 4 heterocycles. The Morgan fingerprint density at radius 3 is 2.27 bits per heavy atom. The molecule has 0 bridgehead atoms. The summed E-state index contributed by atoms with van der Waals surface area (Å²) in [5.41, 5.74) is 2.64. The highest BCUT2D eigenvalue weighted by Gasteiger charge is 2.41. The first-order chi connectivity index (χ1) is 22.8. The maximum Gasteiger partial charge on any atom is 0.472 e. The SMILES string of the molecule is O=C(O)[C@H]1CCCN1S(=O)(=O)c1ccc(C#Cc2ccc(-c3cc(-n4c(O)cn(C(=O)C(F)(F)F)c4=S)c4cnccc4n3)cc2)cc1. The van der Waals surface area contributed by atoms with Crippen molar-refractivity contribution in [1.82, 2.24) is 23.4 Å². The third-order valence-corrected chi connectivity index (χ3v) is 9.94. The van der Waals surface area contributed by atoms with E-state index in [-0.39, 0.29) is 28.1 Å². The lowest BCUT2D eigenvalue weighted by Crippen LogP contribution is -2.40. The van der Waals surface area contributed by atoms with E-state index in [4.69, 9.17) is 12.2 Å². The number of hydrogen-bond donors (Lipinski definition) is 2. The number of carboxylic acids is 1. The number of hydrogen-bond acceptors (Lipinski definition) is 8. The maximum absolute atomic E-state index is 13.1. The van der Waals surface area contributed by atoms with Crippen LogP contribution >= 0.6 is 12.2 Å². The lowest BCUT2D eigenvalue weighted by atomic mass is 10.1. The Morgan fingerprint density at radius 1 is 1.00 bits per heavy atom. The Morgan fingerprint density at radius 2 is 1.65 bits per heavy atom. The summed E-state index contributed by atoms with van der Waals surface area (Å²) in [5, 5.41) is 20.3. The van der Waals surface area contributed by atoms with E-state index in [9.17, 15) is 41.4 Å². The zero-order valence-corrected chi connectivity index (χ0v) is 26.1. The first kappa shape index (κ1) is 32.6. The molecule has 16 heteroatoms. The molecular formula is C32H22F3N5O6S2. The van der Waals surface area contributed by atoms with Crippen molar-refractivity contribution in [2.75, 3.05) is 6.54 Å². The number of benzene rings is 2. The summed E-state index contributed by atoms with van der Waals surface area (Å²) in [7, 11) is -3.98. The van der Waals surface area contributed by atoms with Crippen LogP contribution in [0.5, 0.6) is 5.88 Å². The van der Waals surface area contributed by atoms with Gasteiger partial charge >= 0.3 is 18.1 Å². The molecule has 2 aromatic carbocycles. The molecule has 0 saturated carbocycles. The number of aromatic hydroxyl groups is 1. The van der Waals surface area contributed by atoms with Gasteiger partial charge in [-0.05, 0) is 73.6 Å². The quantitative estimate of drug-likeness (QED) is 0.188. The maximum atomic E-state index is 13.1. The summed E-state index contributed by atoms with van der Waals surface area (Å²) in [4.78, 5) is 32.0. The van der Waals surface area contributed by atoms with Gasteiger partial charge in [0.1, 0.15) is 6.04 Å². The molecule has 0 unspecified atom stereocenters. The van der Waals surface area contributed by atoms with Crippen molar-refractivity contribution in [3.63, 3.8) is 0 Å². The largest absolute Gasteiger partial charge is 0.493 e. The smallest absolute Gasteiger partial charge is 0.472 e. The molecule has 1 atom stereocenters. The number of carbonyl (C=O) groups is 2. The summed E-state index contributed by atoms with van der Waals surface area (Å²) in [6, 6.07) is 14.7. The number of carbonyl (C=O) groups excluding carboxylic acids is 1. The number of alkyl halides is 3. The van der Waals surface area contributed by atoms with E-state index in [1.807, 2.05) is 0 Å². The van der Waals surface area contributed by atoms with E-state index in [1.165, 1.54) is 42.7 Å². The normalized spacial score (nSPS) is 15.3.